The fourth-order valence-electron chi connectivity index (χ4n) is 4.52. The van der Waals surface area contributed by atoms with Gasteiger partial charge in [0.1, 0.15) is 0 Å². The number of fused-ring (bicyclic) bond motifs is 2. The van der Waals surface area contributed by atoms with Crippen LogP contribution in [0.2, 0.25) is 0 Å². The van der Waals surface area contributed by atoms with Gasteiger partial charge in [-0.15, -0.1) is 0 Å². The van der Waals surface area contributed by atoms with Gasteiger partial charge in [0.05, 0.1) is 11.8 Å². The Kier molecular flexibility index (Phi) is 8.77. The van der Waals surface area contributed by atoms with Crippen molar-refractivity contribution < 1.29 is 9.59 Å². The van der Waals surface area contributed by atoms with Gasteiger partial charge in [-0.05, 0) is 43.9 Å². The normalized spacial score (nSPS) is 26.1. The molecule has 0 spiro atoms. The third-order valence-corrected chi connectivity index (χ3v) is 5.58. The lowest BCUT2D eigenvalue weighted by atomic mass is 9.82. The first-order valence-electron chi connectivity index (χ1n) is 10.8. The average molecular weight is 379 g/mol. The Morgan fingerprint density at radius 1 is 0.741 bits per heavy atom. The monoisotopic (exact) mass is 378 g/mol. The van der Waals surface area contributed by atoms with Crippen LogP contribution in [0, 0.1) is 23.7 Å². The Bertz CT molecular complexity index is 466. The number of carbonyl (C=O) groups is 2. The van der Waals surface area contributed by atoms with Crippen LogP contribution in [0.4, 0.5) is 0 Å². The lowest BCUT2D eigenvalue weighted by Crippen LogP contribution is -2.52. The third kappa shape index (κ3) is 5.55. The van der Waals surface area contributed by atoms with E-state index in [1.807, 2.05) is 10.0 Å². The minimum Gasteiger partial charge on any atom is -0.289 e. The molecular weight excluding hydrogens is 340 g/mol. The average Bonchev–Trinajstić information content (AvgIpc) is 3.23. The van der Waals surface area contributed by atoms with Gasteiger partial charge in [-0.2, -0.15) is 0 Å². The van der Waals surface area contributed by atoms with Gasteiger partial charge in [0.2, 0.25) is 11.8 Å². The molecule has 0 aromatic heterocycles. The predicted octanol–water partition coefficient (Wildman–Crippen LogP) is 2.73. The minimum absolute atomic E-state index is 0.00596. The summed E-state index contributed by atoms with van der Waals surface area (Å²) in [6.45, 7) is 11.8. The number of rotatable bonds is 12. The molecule has 2 N–H and O–H groups in total. The number of allylic oxidation sites excluding steroid dienone is 2. The summed E-state index contributed by atoms with van der Waals surface area (Å²) in [5.41, 5.74) is 6.20. The van der Waals surface area contributed by atoms with Crippen LogP contribution in [0.1, 0.15) is 59.8 Å². The molecule has 154 valence electrons. The molecule has 6 nitrogen and oxygen atoms in total. The summed E-state index contributed by atoms with van der Waals surface area (Å²) < 4.78 is 0. The van der Waals surface area contributed by atoms with Crippen molar-refractivity contribution in [1.29, 1.82) is 0 Å². The smallest absolute Gasteiger partial charge is 0.238 e. The lowest BCUT2D eigenvalue weighted by Gasteiger charge is -2.31. The highest BCUT2D eigenvalue weighted by Crippen LogP contribution is 2.48. The van der Waals surface area contributed by atoms with Crippen LogP contribution in [0.3, 0.4) is 0 Å². The zero-order valence-electron chi connectivity index (χ0n) is 17.5. The maximum Gasteiger partial charge on any atom is 0.238 e. The first-order valence-corrected chi connectivity index (χ1v) is 10.8. The number of hydrogen-bond acceptors (Lipinski definition) is 4. The van der Waals surface area contributed by atoms with Gasteiger partial charge in [-0.1, -0.05) is 39.8 Å². The molecule has 4 unspecified atom stereocenters. The highest BCUT2D eigenvalue weighted by atomic mass is 16.2. The summed E-state index contributed by atoms with van der Waals surface area (Å²) in [4.78, 5) is 26.1. The molecule has 2 aliphatic rings. The van der Waals surface area contributed by atoms with Crippen LogP contribution < -0.4 is 10.9 Å². The molecule has 0 aromatic rings. The van der Waals surface area contributed by atoms with Crippen LogP contribution in [-0.4, -0.2) is 48.0 Å². The molecule has 0 saturated heterocycles. The Balaban J connectivity index is 2.06. The quantitative estimate of drug-likeness (QED) is 0.405. The fraction of sp³-hybridized carbons (Fsp3) is 0.810. The number of hydrazine groups is 2. The minimum atomic E-state index is -0.263. The van der Waals surface area contributed by atoms with E-state index in [-0.39, 0.29) is 35.5 Å². The van der Waals surface area contributed by atoms with E-state index in [9.17, 15) is 9.59 Å². The first-order chi connectivity index (χ1) is 13.0. The Hall–Kier alpha value is -1.40. The largest absolute Gasteiger partial charge is 0.289 e. The summed E-state index contributed by atoms with van der Waals surface area (Å²) in [5.74, 6) is -0.149. The van der Waals surface area contributed by atoms with E-state index >= 15 is 0 Å². The maximum atomic E-state index is 13.1. The second kappa shape index (κ2) is 10.8. The topological polar surface area (TPSA) is 64.7 Å². The van der Waals surface area contributed by atoms with Gasteiger partial charge in [0.15, 0.2) is 0 Å². The molecule has 2 bridgehead atoms. The van der Waals surface area contributed by atoms with Crippen molar-refractivity contribution in [2.24, 2.45) is 23.7 Å². The molecule has 1 saturated carbocycles. The van der Waals surface area contributed by atoms with E-state index in [0.717, 1.165) is 58.3 Å². The van der Waals surface area contributed by atoms with Gasteiger partial charge in [0.25, 0.3) is 0 Å². The molecule has 1 fully saturated rings. The number of amides is 2. The van der Waals surface area contributed by atoms with E-state index in [1.54, 1.807) is 0 Å². The highest BCUT2D eigenvalue weighted by molar-refractivity contribution is 5.89. The van der Waals surface area contributed by atoms with Gasteiger partial charge < -0.3 is 0 Å². The summed E-state index contributed by atoms with van der Waals surface area (Å²) in [5, 5.41) is 4.01. The first kappa shape index (κ1) is 21.9. The summed E-state index contributed by atoms with van der Waals surface area (Å²) in [6, 6.07) is 0. The second-order valence-electron chi connectivity index (χ2n) is 7.93. The molecular formula is C21H38N4O2. The number of nitrogens with zero attached hydrogens (tertiary/aromatic N) is 2. The molecule has 0 radical (unpaired) electrons. The molecule has 2 amide bonds. The molecule has 27 heavy (non-hydrogen) atoms. The predicted molar refractivity (Wildman–Crippen MR) is 108 cm³/mol. The van der Waals surface area contributed by atoms with Crippen molar-refractivity contribution in [3.63, 3.8) is 0 Å². The van der Waals surface area contributed by atoms with Crippen LogP contribution in [-0.2, 0) is 9.59 Å². The van der Waals surface area contributed by atoms with Crippen LogP contribution in [0.25, 0.3) is 0 Å². The van der Waals surface area contributed by atoms with E-state index in [1.165, 1.54) is 0 Å². The number of hydrogen-bond donors (Lipinski definition) is 2. The van der Waals surface area contributed by atoms with Gasteiger partial charge in [-0.25, -0.2) is 10.0 Å². The second-order valence-corrected chi connectivity index (χ2v) is 7.93. The van der Waals surface area contributed by atoms with Crippen molar-refractivity contribution >= 4 is 11.8 Å². The fourth-order valence-corrected chi connectivity index (χ4v) is 4.52. The number of carbonyl (C=O) groups excluding carboxylic acids is 2. The van der Waals surface area contributed by atoms with E-state index in [0.29, 0.717) is 0 Å². The van der Waals surface area contributed by atoms with Crippen LogP contribution in [0.15, 0.2) is 12.2 Å². The standard InChI is InChI=1S/C21H38N4O2/c1-5-11-24(12-6-2)22-20(26)18-16-9-10-17(15-16)19(18)21(27)23-25(13-7-3)14-8-4/h9-10,16-19H,5-8,11-15H2,1-4H3,(H,22,26)(H,23,27). The van der Waals surface area contributed by atoms with Crippen molar-refractivity contribution in [2.45, 2.75) is 59.8 Å². The van der Waals surface area contributed by atoms with Crippen molar-refractivity contribution in [2.75, 3.05) is 26.2 Å². The molecule has 4 atom stereocenters. The van der Waals surface area contributed by atoms with Crippen molar-refractivity contribution in [3.8, 4) is 0 Å². The molecule has 0 heterocycles. The van der Waals surface area contributed by atoms with Crippen molar-refractivity contribution in [1.82, 2.24) is 20.9 Å². The summed E-state index contributed by atoms with van der Waals surface area (Å²) in [6.07, 6.45) is 9.15. The molecule has 6 heteroatoms. The van der Waals surface area contributed by atoms with Gasteiger partial charge in [-0.3, -0.25) is 20.4 Å². The van der Waals surface area contributed by atoms with Gasteiger partial charge >= 0.3 is 0 Å². The van der Waals surface area contributed by atoms with E-state index < -0.39 is 0 Å². The Morgan fingerprint density at radius 3 is 1.37 bits per heavy atom. The van der Waals surface area contributed by atoms with E-state index in [2.05, 4.69) is 50.7 Å². The molecule has 0 aliphatic heterocycles. The molecule has 0 aromatic carbocycles. The summed E-state index contributed by atoms with van der Waals surface area (Å²) in [7, 11) is 0. The summed E-state index contributed by atoms with van der Waals surface area (Å²) >= 11 is 0. The van der Waals surface area contributed by atoms with Crippen molar-refractivity contribution in [3.05, 3.63) is 12.2 Å². The zero-order valence-corrected chi connectivity index (χ0v) is 17.5. The third-order valence-electron chi connectivity index (χ3n) is 5.58. The van der Waals surface area contributed by atoms with Crippen LogP contribution >= 0.6 is 0 Å². The molecule has 2 aliphatic carbocycles. The highest BCUT2D eigenvalue weighted by Gasteiger charge is 2.51. The maximum absolute atomic E-state index is 13.1. The zero-order chi connectivity index (χ0) is 19.8. The SMILES string of the molecule is CCCN(CCC)NC(=O)C1C2C=CC(C2)C1C(=O)NN(CCC)CCC. The van der Waals surface area contributed by atoms with Crippen LogP contribution in [0.5, 0.6) is 0 Å². The van der Waals surface area contributed by atoms with E-state index in [4.69, 9.17) is 0 Å². The Morgan fingerprint density at radius 2 is 1.07 bits per heavy atom. The van der Waals surface area contributed by atoms with Gasteiger partial charge in [0, 0.05) is 26.2 Å². The molecule has 2 rings (SSSR count). The number of nitrogens with one attached hydrogen (secondary N) is 2. The Labute approximate surface area is 164 Å². The lowest BCUT2D eigenvalue weighted by molar-refractivity contribution is -0.140.